The maximum absolute atomic E-state index is 12.0. The van der Waals surface area contributed by atoms with E-state index in [4.69, 9.17) is 0 Å². The molecule has 1 fully saturated rings. The number of rotatable bonds is 4. The largest absolute Gasteiger partial charge is 0.315 e. The van der Waals surface area contributed by atoms with Gasteiger partial charge >= 0.3 is 0 Å². The average Bonchev–Trinajstić information content (AvgIpc) is 2.81. The van der Waals surface area contributed by atoms with Crippen LogP contribution in [-0.2, 0) is 16.4 Å². The summed E-state index contributed by atoms with van der Waals surface area (Å²) in [7, 11) is -3.36. The minimum atomic E-state index is -3.36. The smallest absolute Gasteiger partial charge is 0.240 e. The third-order valence-corrected chi connectivity index (χ3v) is 4.56. The predicted molar refractivity (Wildman–Crippen MR) is 67.4 cm³/mol. The van der Waals surface area contributed by atoms with E-state index in [1.54, 1.807) is 12.1 Å². The highest BCUT2D eigenvalue weighted by atomic mass is 32.2. The van der Waals surface area contributed by atoms with Crippen molar-refractivity contribution in [3.8, 4) is 0 Å². The number of aryl methyl sites for hydroxylation is 1. The van der Waals surface area contributed by atoms with E-state index in [1.807, 2.05) is 19.1 Å². The molecule has 2 rings (SSSR count). The Hall–Kier alpha value is -0.910. The van der Waals surface area contributed by atoms with Crippen molar-refractivity contribution in [2.24, 2.45) is 0 Å². The lowest BCUT2D eigenvalue weighted by molar-refractivity contribution is 0.560. The molecule has 0 unspecified atom stereocenters. The van der Waals surface area contributed by atoms with Gasteiger partial charge in [-0.25, -0.2) is 13.1 Å². The van der Waals surface area contributed by atoms with Crippen LogP contribution in [-0.4, -0.2) is 27.5 Å². The zero-order valence-electron chi connectivity index (χ0n) is 9.94. The second-order valence-corrected chi connectivity index (χ2v) is 6.02. The summed E-state index contributed by atoms with van der Waals surface area (Å²) in [6, 6.07) is 7.08. The van der Waals surface area contributed by atoms with Crippen molar-refractivity contribution in [2.75, 3.05) is 13.1 Å². The van der Waals surface area contributed by atoms with Crippen LogP contribution in [0.4, 0.5) is 0 Å². The second-order valence-electron chi connectivity index (χ2n) is 4.31. The molecule has 1 aromatic carbocycles. The quantitative estimate of drug-likeness (QED) is 0.839. The Morgan fingerprint density at radius 2 is 2.06 bits per heavy atom. The van der Waals surface area contributed by atoms with Gasteiger partial charge in [0.15, 0.2) is 0 Å². The second kappa shape index (κ2) is 5.16. The summed E-state index contributed by atoms with van der Waals surface area (Å²) in [5.41, 5.74) is 1.14. The van der Waals surface area contributed by atoms with Crippen LogP contribution in [0.2, 0.25) is 0 Å². The van der Waals surface area contributed by atoms with Gasteiger partial charge in [-0.3, -0.25) is 0 Å². The highest BCUT2D eigenvalue weighted by Gasteiger charge is 2.22. The lowest BCUT2D eigenvalue weighted by Gasteiger charge is -2.12. The van der Waals surface area contributed by atoms with Crippen LogP contribution in [0.15, 0.2) is 29.2 Å². The van der Waals surface area contributed by atoms with Crippen molar-refractivity contribution < 1.29 is 8.42 Å². The zero-order valence-corrected chi connectivity index (χ0v) is 10.8. The Balaban J connectivity index is 2.12. The van der Waals surface area contributed by atoms with Crippen molar-refractivity contribution in [1.82, 2.24) is 10.0 Å². The minimum absolute atomic E-state index is 0.0193. The summed E-state index contributed by atoms with van der Waals surface area (Å²) in [5, 5.41) is 3.14. The topological polar surface area (TPSA) is 58.2 Å². The van der Waals surface area contributed by atoms with Gasteiger partial charge in [-0.05, 0) is 37.1 Å². The van der Waals surface area contributed by atoms with E-state index < -0.39 is 10.0 Å². The van der Waals surface area contributed by atoms with Gasteiger partial charge in [-0.15, -0.1) is 0 Å². The van der Waals surface area contributed by atoms with Crippen molar-refractivity contribution in [3.63, 3.8) is 0 Å². The highest BCUT2D eigenvalue weighted by Crippen LogP contribution is 2.12. The molecule has 0 saturated carbocycles. The van der Waals surface area contributed by atoms with Crippen LogP contribution in [0.25, 0.3) is 0 Å². The summed E-state index contributed by atoms with van der Waals surface area (Å²) in [5.74, 6) is 0. The monoisotopic (exact) mass is 254 g/mol. The summed E-state index contributed by atoms with van der Waals surface area (Å²) in [4.78, 5) is 0.349. The van der Waals surface area contributed by atoms with E-state index in [-0.39, 0.29) is 6.04 Å². The van der Waals surface area contributed by atoms with Crippen molar-refractivity contribution in [1.29, 1.82) is 0 Å². The molecule has 1 aliphatic heterocycles. The number of sulfonamides is 1. The first-order valence-corrected chi connectivity index (χ1v) is 7.42. The first kappa shape index (κ1) is 12.5. The molecule has 0 bridgehead atoms. The molecule has 4 nitrogen and oxygen atoms in total. The minimum Gasteiger partial charge on any atom is -0.315 e. The Bertz CT molecular complexity index is 462. The average molecular weight is 254 g/mol. The molecule has 1 atom stereocenters. The number of hydrogen-bond acceptors (Lipinski definition) is 3. The molecule has 2 N–H and O–H groups in total. The molecule has 94 valence electrons. The molecule has 0 amide bonds. The zero-order chi connectivity index (χ0) is 12.3. The molecule has 0 aromatic heterocycles. The molecule has 1 aliphatic rings. The number of benzene rings is 1. The Labute approximate surface area is 102 Å². The number of nitrogens with one attached hydrogen (secondary N) is 2. The van der Waals surface area contributed by atoms with Gasteiger partial charge in [-0.1, -0.05) is 19.1 Å². The van der Waals surface area contributed by atoms with Gasteiger partial charge in [0.25, 0.3) is 0 Å². The van der Waals surface area contributed by atoms with Crippen LogP contribution in [0.1, 0.15) is 18.9 Å². The predicted octanol–water partition coefficient (Wildman–Crippen LogP) is 0.889. The maximum Gasteiger partial charge on any atom is 0.240 e. The lowest BCUT2D eigenvalue weighted by Crippen LogP contribution is -2.36. The van der Waals surface area contributed by atoms with E-state index in [1.165, 1.54) is 0 Å². The molecule has 1 heterocycles. The van der Waals surface area contributed by atoms with Crippen LogP contribution >= 0.6 is 0 Å². The first-order valence-electron chi connectivity index (χ1n) is 5.94. The molecule has 1 aromatic rings. The van der Waals surface area contributed by atoms with Gasteiger partial charge < -0.3 is 5.32 Å². The summed E-state index contributed by atoms with van der Waals surface area (Å²) < 4.78 is 26.8. The van der Waals surface area contributed by atoms with Gasteiger partial charge in [0.05, 0.1) is 4.90 Å². The van der Waals surface area contributed by atoms with E-state index in [9.17, 15) is 8.42 Å². The van der Waals surface area contributed by atoms with E-state index in [0.717, 1.165) is 24.9 Å². The van der Waals surface area contributed by atoms with Gasteiger partial charge in [0.1, 0.15) is 0 Å². The molecule has 17 heavy (non-hydrogen) atoms. The third kappa shape index (κ3) is 3.06. The summed E-state index contributed by atoms with van der Waals surface area (Å²) >= 11 is 0. The van der Waals surface area contributed by atoms with Crippen molar-refractivity contribution in [3.05, 3.63) is 29.8 Å². The fourth-order valence-electron chi connectivity index (χ4n) is 1.95. The van der Waals surface area contributed by atoms with E-state index in [0.29, 0.717) is 11.4 Å². The summed E-state index contributed by atoms with van der Waals surface area (Å²) in [6.07, 6.45) is 1.77. The molecule has 5 heteroatoms. The van der Waals surface area contributed by atoms with Crippen molar-refractivity contribution >= 4 is 10.0 Å². The molecule has 0 aliphatic carbocycles. The van der Waals surface area contributed by atoms with Crippen LogP contribution in [0, 0.1) is 0 Å². The van der Waals surface area contributed by atoms with Gasteiger partial charge in [-0.2, -0.15) is 0 Å². The fourth-order valence-corrected chi connectivity index (χ4v) is 3.22. The van der Waals surface area contributed by atoms with Crippen LogP contribution in [0.5, 0.6) is 0 Å². The van der Waals surface area contributed by atoms with E-state index >= 15 is 0 Å². The Morgan fingerprint density at radius 3 is 2.59 bits per heavy atom. The first-order chi connectivity index (χ1) is 8.12. The van der Waals surface area contributed by atoms with Crippen molar-refractivity contribution in [2.45, 2.75) is 30.7 Å². The Morgan fingerprint density at radius 1 is 1.35 bits per heavy atom. The van der Waals surface area contributed by atoms with Gasteiger partial charge in [0, 0.05) is 12.6 Å². The lowest BCUT2D eigenvalue weighted by atomic mass is 10.2. The molecular formula is C12H18N2O2S. The van der Waals surface area contributed by atoms with E-state index in [2.05, 4.69) is 10.0 Å². The fraction of sp³-hybridized carbons (Fsp3) is 0.500. The van der Waals surface area contributed by atoms with Crippen LogP contribution < -0.4 is 10.0 Å². The Kier molecular flexibility index (Phi) is 3.81. The van der Waals surface area contributed by atoms with Crippen LogP contribution in [0.3, 0.4) is 0 Å². The molecule has 0 spiro atoms. The standard InChI is InChI=1S/C12H18N2O2S/c1-2-10-3-5-12(6-4-10)17(15,16)14-11-7-8-13-9-11/h3-6,11,13-14H,2,7-9H2,1H3/t11-/m1/s1. The molecular weight excluding hydrogens is 236 g/mol. The maximum atomic E-state index is 12.0. The highest BCUT2D eigenvalue weighted by molar-refractivity contribution is 7.89. The summed E-state index contributed by atoms with van der Waals surface area (Å²) in [6.45, 7) is 3.64. The molecule has 0 radical (unpaired) electrons. The normalized spacial score (nSPS) is 20.6. The SMILES string of the molecule is CCc1ccc(S(=O)(=O)N[C@@H]2CCNC2)cc1. The number of hydrogen-bond donors (Lipinski definition) is 2. The third-order valence-electron chi connectivity index (χ3n) is 3.02. The van der Waals surface area contributed by atoms with Gasteiger partial charge in [0.2, 0.25) is 10.0 Å². The molecule has 1 saturated heterocycles.